The highest BCUT2D eigenvalue weighted by Gasteiger charge is 2.23. The Morgan fingerprint density at radius 3 is 2.62 bits per heavy atom. The van der Waals surface area contributed by atoms with Gasteiger partial charge >= 0.3 is 0 Å². The monoisotopic (exact) mass is 348 g/mol. The Morgan fingerprint density at radius 2 is 1.96 bits per heavy atom. The Hall–Kier alpha value is -1.98. The van der Waals surface area contributed by atoms with Crippen LogP contribution >= 0.6 is 11.6 Å². The molecule has 0 N–H and O–H groups in total. The Labute approximate surface area is 146 Å². The van der Waals surface area contributed by atoms with E-state index < -0.39 is 0 Å². The van der Waals surface area contributed by atoms with Crippen LogP contribution in [-0.4, -0.2) is 55.0 Å². The van der Waals surface area contributed by atoms with Crippen LogP contribution in [0, 0.1) is 6.92 Å². The molecule has 0 spiro atoms. The summed E-state index contributed by atoms with van der Waals surface area (Å²) in [5.74, 6) is 1.44. The first-order valence-electron chi connectivity index (χ1n) is 8.08. The van der Waals surface area contributed by atoms with Crippen LogP contribution < -0.4 is 4.74 Å². The maximum atomic E-state index is 12.4. The zero-order valence-electron chi connectivity index (χ0n) is 13.7. The Balaban J connectivity index is 1.43. The van der Waals surface area contributed by atoms with Crippen molar-refractivity contribution in [2.75, 3.05) is 39.3 Å². The van der Waals surface area contributed by atoms with Gasteiger partial charge in [-0.1, -0.05) is 23.7 Å². The van der Waals surface area contributed by atoms with Gasteiger partial charge in [-0.15, -0.1) is 0 Å². The highest BCUT2D eigenvalue weighted by molar-refractivity contribution is 6.32. The number of aryl methyl sites for hydroxylation is 1. The zero-order chi connectivity index (χ0) is 16.9. The molecule has 0 unspecified atom stereocenters. The van der Waals surface area contributed by atoms with Crippen molar-refractivity contribution in [2.24, 2.45) is 0 Å². The molecule has 1 aliphatic rings. The molecule has 6 heteroatoms. The molecule has 128 valence electrons. The van der Waals surface area contributed by atoms with Gasteiger partial charge in [-0.25, -0.2) is 0 Å². The second-order valence-corrected chi connectivity index (χ2v) is 6.21. The summed E-state index contributed by atoms with van der Waals surface area (Å²) in [5.41, 5.74) is 0.658. The van der Waals surface area contributed by atoms with Gasteiger partial charge in [-0.2, -0.15) is 0 Å². The smallest absolute Gasteiger partial charge is 0.257 e. The number of amides is 1. The van der Waals surface area contributed by atoms with E-state index in [4.69, 9.17) is 20.8 Å². The Bertz CT molecular complexity index is 693. The molecule has 24 heavy (non-hydrogen) atoms. The average Bonchev–Trinajstić information content (AvgIpc) is 3.03. The van der Waals surface area contributed by atoms with Gasteiger partial charge in [0.2, 0.25) is 0 Å². The van der Waals surface area contributed by atoms with Crippen molar-refractivity contribution < 1.29 is 13.9 Å². The SMILES string of the molecule is Cc1occc1C(=O)N1CCN(CCOc2ccccc2Cl)CC1. The molecular formula is C18H21ClN2O3. The molecule has 1 fully saturated rings. The summed E-state index contributed by atoms with van der Waals surface area (Å²) in [7, 11) is 0. The molecule has 1 aliphatic heterocycles. The third-order valence-electron chi connectivity index (χ3n) is 4.25. The number of ether oxygens (including phenoxy) is 1. The lowest BCUT2D eigenvalue weighted by atomic mass is 10.2. The molecule has 1 aromatic heterocycles. The topological polar surface area (TPSA) is 45.9 Å². The molecule has 0 bridgehead atoms. The summed E-state index contributed by atoms with van der Waals surface area (Å²) in [5, 5.41) is 0.628. The van der Waals surface area contributed by atoms with Gasteiger partial charge in [0.25, 0.3) is 5.91 Å². The van der Waals surface area contributed by atoms with Crippen LogP contribution in [0.15, 0.2) is 41.0 Å². The molecule has 2 heterocycles. The average molecular weight is 349 g/mol. The minimum Gasteiger partial charge on any atom is -0.491 e. The fourth-order valence-corrected chi connectivity index (χ4v) is 2.99. The molecular weight excluding hydrogens is 328 g/mol. The normalized spacial score (nSPS) is 15.5. The lowest BCUT2D eigenvalue weighted by Gasteiger charge is -2.34. The van der Waals surface area contributed by atoms with Gasteiger partial charge in [-0.05, 0) is 25.1 Å². The van der Waals surface area contributed by atoms with Crippen LogP contribution in [0.4, 0.5) is 0 Å². The number of carbonyl (C=O) groups excluding carboxylic acids is 1. The highest BCUT2D eigenvalue weighted by atomic mass is 35.5. The van der Waals surface area contributed by atoms with Crippen molar-refractivity contribution in [3.05, 3.63) is 52.9 Å². The minimum absolute atomic E-state index is 0.0493. The fraction of sp³-hybridized carbons (Fsp3) is 0.389. The number of hydrogen-bond acceptors (Lipinski definition) is 4. The fourth-order valence-electron chi connectivity index (χ4n) is 2.80. The van der Waals surface area contributed by atoms with E-state index in [2.05, 4.69) is 4.90 Å². The lowest BCUT2D eigenvalue weighted by molar-refractivity contribution is 0.0618. The number of carbonyl (C=O) groups is 1. The van der Waals surface area contributed by atoms with E-state index in [9.17, 15) is 4.79 Å². The maximum absolute atomic E-state index is 12.4. The number of nitrogens with zero attached hydrogens (tertiary/aromatic N) is 2. The van der Waals surface area contributed by atoms with Gasteiger partial charge in [0.1, 0.15) is 18.1 Å². The second-order valence-electron chi connectivity index (χ2n) is 5.80. The van der Waals surface area contributed by atoms with E-state index >= 15 is 0 Å². The van der Waals surface area contributed by atoms with Gasteiger partial charge in [0.05, 0.1) is 16.8 Å². The number of para-hydroxylation sites is 1. The third kappa shape index (κ3) is 3.91. The van der Waals surface area contributed by atoms with E-state index in [1.807, 2.05) is 36.1 Å². The largest absolute Gasteiger partial charge is 0.491 e. The molecule has 0 radical (unpaired) electrons. The van der Waals surface area contributed by atoms with E-state index in [-0.39, 0.29) is 5.91 Å². The molecule has 0 saturated carbocycles. The number of hydrogen-bond donors (Lipinski definition) is 0. The van der Waals surface area contributed by atoms with Gasteiger partial charge in [-0.3, -0.25) is 9.69 Å². The first-order chi connectivity index (χ1) is 11.6. The minimum atomic E-state index is 0.0493. The van der Waals surface area contributed by atoms with Crippen molar-refractivity contribution in [1.82, 2.24) is 9.80 Å². The van der Waals surface area contributed by atoms with E-state index in [1.54, 1.807) is 12.3 Å². The van der Waals surface area contributed by atoms with Crippen LogP contribution in [0.1, 0.15) is 16.1 Å². The molecule has 0 atom stereocenters. The van der Waals surface area contributed by atoms with Crippen molar-refractivity contribution >= 4 is 17.5 Å². The standard InChI is InChI=1S/C18H21ClN2O3/c1-14-15(6-12-23-14)18(22)21-9-7-20(8-10-21)11-13-24-17-5-3-2-4-16(17)19/h2-6,12H,7-11,13H2,1H3. The molecule has 1 saturated heterocycles. The van der Waals surface area contributed by atoms with Crippen molar-refractivity contribution in [2.45, 2.75) is 6.92 Å². The summed E-state index contributed by atoms with van der Waals surface area (Å²) < 4.78 is 10.9. The van der Waals surface area contributed by atoms with E-state index in [0.29, 0.717) is 28.7 Å². The summed E-state index contributed by atoms with van der Waals surface area (Å²) in [6.07, 6.45) is 1.56. The maximum Gasteiger partial charge on any atom is 0.257 e. The highest BCUT2D eigenvalue weighted by Crippen LogP contribution is 2.23. The summed E-state index contributed by atoms with van der Waals surface area (Å²) in [6, 6.07) is 9.21. The van der Waals surface area contributed by atoms with Gasteiger partial charge in [0, 0.05) is 32.7 Å². The van der Waals surface area contributed by atoms with Crippen LogP contribution in [0.3, 0.4) is 0 Å². The molecule has 1 amide bonds. The van der Waals surface area contributed by atoms with Crippen molar-refractivity contribution in [3.8, 4) is 5.75 Å². The quantitative estimate of drug-likeness (QED) is 0.833. The van der Waals surface area contributed by atoms with Crippen LogP contribution in [0.5, 0.6) is 5.75 Å². The number of piperazine rings is 1. The molecule has 2 aromatic rings. The predicted octanol–water partition coefficient (Wildman–Crippen LogP) is 3.08. The predicted molar refractivity (Wildman–Crippen MR) is 92.7 cm³/mol. The first kappa shape index (κ1) is 16.9. The van der Waals surface area contributed by atoms with Gasteiger partial charge < -0.3 is 14.1 Å². The van der Waals surface area contributed by atoms with Crippen LogP contribution in [-0.2, 0) is 0 Å². The number of benzene rings is 1. The van der Waals surface area contributed by atoms with E-state index in [0.717, 1.165) is 32.7 Å². The van der Waals surface area contributed by atoms with Gasteiger partial charge in [0.15, 0.2) is 0 Å². The molecule has 0 aliphatic carbocycles. The first-order valence-corrected chi connectivity index (χ1v) is 8.46. The molecule has 1 aromatic carbocycles. The second kappa shape index (κ2) is 7.73. The number of halogens is 1. The van der Waals surface area contributed by atoms with E-state index in [1.165, 1.54) is 0 Å². The summed E-state index contributed by atoms with van der Waals surface area (Å²) >= 11 is 6.07. The van der Waals surface area contributed by atoms with Crippen molar-refractivity contribution in [3.63, 3.8) is 0 Å². The molecule has 5 nitrogen and oxygen atoms in total. The Kier molecular flexibility index (Phi) is 5.43. The van der Waals surface area contributed by atoms with Crippen LogP contribution in [0.2, 0.25) is 5.02 Å². The van der Waals surface area contributed by atoms with Crippen LogP contribution in [0.25, 0.3) is 0 Å². The summed E-state index contributed by atoms with van der Waals surface area (Å²) in [6.45, 7) is 6.33. The zero-order valence-corrected chi connectivity index (χ0v) is 14.5. The number of furan rings is 1. The lowest BCUT2D eigenvalue weighted by Crippen LogP contribution is -2.49. The number of rotatable bonds is 5. The third-order valence-corrected chi connectivity index (χ3v) is 4.56. The van der Waals surface area contributed by atoms with Crippen molar-refractivity contribution in [1.29, 1.82) is 0 Å². The summed E-state index contributed by atoms with van der Waals surface area (Å²) in [4.78, 5) is 16.6. The Morgan fingerprint density at radius 1 is 1.21 bits per heavy atom. The molecule has 3 rings (SSSR count).